The van der Waals surface area contributed by atoms with Crippen molar-refractivity contribution in [3.63, 3.8) is 0 Å². The quantitative estimate of drug-likeness (QED) is 0.505. The molecule has 0 spiro atoms. The lowest BCUT2D eigenvalue weighted by molar-refractivity contribution is 0.273. The molecule has 0 aromatic heterocycles. The Morgan fingerprint density at radius 2 is 1.39 bits per heavy atom. The monoisotopic (exact) mass is 374 g/mol. The molecule has 3 heteroatoms. The fraction of sp³-hybridized carbons (Fsp3) is 0.280. The van der Waals surface area contributed by atoms with Gasteiger partial charge in [-0.25, -0.2) is 0 Å². The Morgan fingerprint density at radius 3 is 2.00 bits per heavy atom. The van der Waals surface area contributed by atoms with E-state index in [2.05, 4.69) is 98.1 Å². The van der Waals surface area contributed by atoms with Crippen LogP contribution in [0.3, 0.4) is 0 Å². The molecule has 0 bridgehead atoms. The molecular weight excluding hydrogens is 344 g/mol. The van der Waals surface area contributed by atoms with Crippen molar-refractivity contribution in [1.29, 1.82) is 0 Å². The number of anilines is 2. The van der Waals surface area contributed by atoms with Crippen LogP contribution in [0, 0.1) is 20.8 Å². The van der Waals surface area contributed by atoms with Crippen LogP contribution in [0.1, 0.15) is 27.8 Å². The fourth-order valence-corrected chi connectivity index (χ4v) is 3.28. The molecule has 0 radical (unpaired) electrons. The molecule has 0 saturated carbocycles. The zero-order valence-electron chi connectivity index (χ0n) is 17.0. The number of aliphatic hydroxyl groups is 1. The molecule has 3 aromatic carbocycles. The summed E-state index contributed by atoms with van der Waals surface area (Å²) in [5, 5.41) is 17.0. The van der Waals surface area contributed by atoms with Gasteiger partial charge in [-0.2, -0.15) is 0 Å². The van der Waals surface area contributed by atoms with Gasteiger partial charge in [0.15, 0.2) is 0 Å². The van der Waals surface area contributed by atoms with Gasteiger partial charge in [-0.15, -0.1) is 0 Å². The maximum Gasteiger partial charge on any atom is 0.0636 e. The second-order valence-corrected chi connectivity index (χ2v) is 7.55. The molecule has 3 rings (SSSR count). The summed E-state index contributed by atoms with van der Waals surface area (Å²) in [7, 11) is 0. The van der Waals surface area contributed by atoms with E-state index < -0.39 is 0 Å². The van der Waals surface area contributed by atoms with Gasteiger partial charge in [0.25, 0.3) is 0 Å². The number of aliphatic hydroxyl groups excluding tert-OH is 1. The Morgan fingerprint density at radius 1 is 0.786 bits per heavy atom. The van der Waals surface area contributed by atoms with Crippen molar-refractivity contribution in [3.8, 4) is 0 Å². The molecule has 0 amide bonds. The van der Waals surface area contributed by atoms with Crippen LogP contribution in [-0.4, -0.2) is 17.8 Å². The Labute approximate surface area is 168 Å². The van der Waals surface area contributed by atoms with Gasteiger partial charge >= 0.3 is 0 Å². The minimum Gasteiger partial charge on any atom is -0.394 e. The lowest BCUT2D eigenvalue weighted by atomic mass is 10.0. The van der Waals surface area contributed by atoms with E-state index >= 15 is 0 Å². The molecule has 3 nitrogen and oxygen atoms in total. The Kier molecular flexibility index (Phi) is 6.72. The maximum atomic E-state index is 9.94. The summed E-state index contributed by atoms with van der Waals surface area (Å²) in [5.74, 6) is 0. The molecule has 1 atom stereocenters. The van der Waals surface area contributed by atoms with Crippen LogP contribution in [0.4, 0.5) is 11.4 Å². The summed E-state index contributed by atoms with van der Waals surface area (Å²) in [6.07, 6.45) is 0.780. The average molecular weight is 375 g/mol. The molecule has 28 heavy (non-hydrogen) atoms. The SMILES string of the molecule is Cc1ccc(CNc2cccc(C)c2NC(CO)Cc2ccc(C)cc2)cc1. The highest BCUT2D eigenvalue weighted by Crippen LogP contribution is 2.27. The zero-order chi connectivity index (χ0) is 19.9. The molecule has 0 fully saturated rings. The van der Waals surface area contributed by atoms with E-state index in [1.54, 1.807) is 0 Å². The average Bonchev–Trinajstić information content (AvgIpc) is 2.70. The lowest BCUT2D eigenvalue weighted by Crippen LogP contribution is -2.27. The topological polar surface area (TPSA) is 44.3 Å². The molecule has 0 saturated heterocycles. The Bertz CT molecular complexity index is 885. The largest absolute Gasteiger partial charge is 0.394 e. The minimum atomic E-state index is -0.0382. The molecule has 0 aliphatic heterocycles. The van der Waals surface area contributed by atoms with E-state index in [1.807, 2.05) is 0 Å². The minimum absolute atomic E-state index is 0.0382. The molecule has 146 valence electrons. The molecule has 0 heterocycles. The highest BCUT2D eigenvalue weighted by atomic mass is 16.3. The predicted octanol–water partition coefficient (Wildman–Crippen LogP) is 5.24. The number of hydrogen-bond donors (Lipinski definition) is 3. The van der Waals surface area contributed by atoms with Crippen LogP contribution in [0.15, 0.2) is 66.7 Å². The molecule has 0 aliphatic carbocycles. The normalized spacial score (nSPS) is 11.9. The lowest BCUT2D eigenvalue weighted by Gasteiger charge is -2.22. The van der Waals surface area contributed by atoms with Gasteiger partial charge in [-0.3, -0.25) is 0 Å². The number of rotatable bonds is 8. The van der Waals surface area contributed by atoms with Crippen LogP contribution in [0.5, 0.6) is 0 Å². The molecule has 1 unspecified atom stereocenters. The molecule has 0 aliphatic rings. The van der Waals surface area contributed by atoms with Gasteiger partial charge in [0.1, 0.15) is 0 Å². The Hall–Kier alpha value is -2.78. The van der Waals surface area contributed by atoms with E-state index in [0.29, 0.717) is 0 Å². The summed E-state index contributed by atoms with van der Waals surface area (Å²) in [5.41, 5.74) is 8.26. The standard InChI is InChI=1S/C25H30N2O/c1-18-7-11-21(12-8-18)15-23(17-28)27-25-20(3)5-4-6-24(25)26-16-22-13-9-19(2)10-14-22/h4-14,23,26-28H,15-17H2,1-3H3. The molecule has 3 aromatic rings. The zero-order valence-corrected chi connectivity index (χ0v) is 17.0. The molecule has 3 N–H and O–H groups in total. The van der Waals surface area contributed by atoms with Crippen LogP contribution in [0.25, 0.3) is 0 Å². The fourth-order valence-electron chi connectivity index (χ4n) is 3.28. The van der Waals surface area contributed by atoms with Crippen LogP contribution in [-0.2, 0) is 13.0 Å². The van der Waals surface area contributed by atoms with Crippen LogP contribution in [0.2, 0.25) is 0 Å². The van der Waals surface area contributed by atoms with Crippen molar-refractivity contribution in [2.45, 2.75) is 39.8 Å². The summed E-state index contributed by atoms with van der Waals surface area (Å²) in [6, 6.07) is 23.3. The highest BCUT2D eigenvalue weighted by molar-refractivity contribution is 5.72. The van der Waals surface area contributed by atoms with E-state index in [0.717, 1.165) is 29.9 Å². The Balaban J connectivity index is 1.72. The predicted molar refractivity (Wildman–Crippen MR) is 119 cm³/mol. The van der Waals surface area contributed by atoms with Gasteiger partial charge < -0.3 is 15.7 Å². The number of aryl methyl sites for hydroxylation is 3. The van der Waals surface area contributed by atoms with Gasteiger partial charge in [0, 0.05) is 6.54 Å². The van der Waals surface area contributed by atoms with Gasteiger partial charge in [-0.1, -0.05) is 71.8 Å². The van der Waals surface area contributed by atoms with E-state index in [-0.39, 0.29) is 12.6 Å². The van der Waals surface area contributed by atoms with Crippen molar-refractivity contribution >= 4 is 11.4 Å². The van der Waals surface area contributed by atoms with Gasteiger partial charge in [0.2, 0.25) is 0 Å². The first-order valence-electron chi connectivity index (χ1n) is 9.87. The summed E-state index contributed by atoms with van der Waals surface area (Å²) in [4.78, 5) is 0. The third kappa shape index (κ3) is 5.37. The smallest absolute Gasteiger partial charge is 0.0636 e. The van der Waals surface area contributed by atoms with Crippen LogP contribution >= 0.6 is 0 Å². The second-order valence-electron chi connectivity index (χ2n) is 7.55. The third-order valence-electron chi connectivity index (χ3n) is 5.05. The summed E-state index contributed by atoms with van der Waals surface area (Å²) < 4.78 is 0. The van der Waals surface area contributed by atoms with E-state index in [1.165, 1.54) is 22.3 Å². The van der Waals surface area contributed by atoms with Crippen molar-refractivity contribution in [2.24, 2.45) is 0 Å². The first-order chi connectivity index (χ1) is 13.5. The number of hydrogen-bond acceptors (Lipinski definition) is 3. The molecular formula is C25H30N2O. The van der Waals surface area contributed by atoms with Crippen molar-refractivity contribution in [2.75, 3.05) is 17.2 Å². The highest BCUT2D eigenvalue weighted by Gasteiger charge is 2.13. The van der Waals surface area contributed by atoms with Gasteiger partial charge in [-0.05, 0) is 49.9 Å². The second kappa shape index (κ2) is 9.43. The maximum absolute atomic E-state index is 9.94. The van der Waals surface area contributed by atoms with Crippen molar-refractivity contribution in [1.82, 2.24) is 0 Å². The van der Waals surface area contributed by atoms with E-state index in [9.17, 15) is 5.11 Å². The first kappa shape index (κ1) is 20.0. The number of para-hydroxylation sites is 1. The van der Waals surface area contributed by atoms with Crippen molar-refractivity contribution < 1.29 is 5.11 Å². The van der Waals surface area contributed by atoms with Crippen LogP contribution < -0.4 is 10.6 Å². The van der Waals surface area contributed by atoms with E-state index in [4.69, 9.17) is 0 Å². The van der Waals surface area contributed by atoms with Gasteiger partial charge in [0.05, 0.1) is 24.0 Å². The third-order valence-corrected chi connectivity index (χ3v) is 5.05. The first-order valence-corrected chi connectivity index (χ1v) is 9.87. The summed E-state index contributed by atoms with van der Waals surface area (Å²) in [6.45, 7) is 7.13. The summed E-state index contributed by atoms with van der Waals surface area (Å²) >= 11 is 0. The van der Waals surface area contributed by atoms with Crippen molar-refractivity contribution in [3.05, 3.63) is 94.5 Å². The number of benzene rings is 3. The number of nitrogens with one attached hydrogen (secondary N) is 2.